The molecule has 0 aromatic heterocycles. The van der Waals surface area contributed by atoms with Crippen LogP contribution in [0.1, 0.15) is 35.2 Å². The van der Waals surface area contributed by atoms with Gasteiger partial charge in [0.2, 0.25) is 11.8 Å². The first-order valence-corrected chi connectivity index (χ1v) is 5.97. The molecule has 0 heterocycles. The summed E-state index contributed by atoms with van der Waals surface area (Å²) in [7, 11) is 0. The highest BCUT2D eigenvalue weighted by atomic mass is 16.1. The molecule has 1 aromatic rings. The van der Waals surface area contributed by atoms with E-state index >= 15 is 0 Å². The van der Waals surface area contributed by atoms with Gasteiger partial charge in [0.1, 0.15) is 0 Å². The van der Waals surface area contributed by atoms with Gasteiger partial charge < -0.3 is 16.8 Å². The molecule has 0 aliphatic carbocycles. The highest BCUT2D eigenvalue weighted by Gasteiger charge is 1.99. The van der Waals surface area contributed by atoms with Crippen molar-refractivity contribution in [3.05, 3.63) is 35.4 Å². The normalized spacial score (nSPS) is 10.2. The van der Waals surface area contributed by atoms with E-state index in [0.29, 0.717) is 12.0 Å². The fourth-order valence-corrected chi connectivity index (χ4v) is 1.57. The van der Waals surface area contributed by atoms with Crippen molar-refractivity contribution in [3.8, 4) is 0 Å². The highest BCUT2D eigenvalue weighted by Crippen LogP contribution is 2.03. The third-order valence-corrected chi connectivity index (χ3v) is 2.59. The van der Waals surface area contributed by atoms with Crippen molar-refractivity contribution < 1.29 is 9.59 Å². The Hall–Kier alpha value is -1.88. The Bertz CT molecular complexity index is 401. The van der Waals surface area contributed by atoms with E-state index in [2.05, 4.69) is 5.32 Å². The van der Waals surface area contributed by atoms with Gasteiger partial charge in [-0.2, -0.15) is 0 Å². The van der Waals surface area contributed by atoms with Gasteiger partial charge in [0.15, 0.2) is 0 Å². The Labute approximate surface area is 107 Å². The Morgan fingerprint density at radius 3 is 2.28 bits per heavy atom. The minimum Gasteiger partial charge on any atom is -0.370 e. The summed E-state index contributed by atoms with van der Waals surface area (Å²) >= 11 is 0. The molecule has 0 bridgehead atoms. The molecular weight excluding hydrogens is 230 g/mol. The molecular formula is C13H19N3O2. The molecule has 5 nitrogen and oxygen atoms in total. The van der Waals surface area contributed by atoms with Crippen molar-refractivity contribution in [2.24, 2.45) is 11.5 Å². The van der Waals surface area contributed by atoms with Gasteiger partial charge in [-0.3, -0.25) is 9.59 Å². The molecule has 98 valence electrons. The Kier molecular flexibility index (Phi) is 5.87. The summed E-state index contributed by atoms with van der Waals surface area (Å²) < 4.78 is 0. The quantitative estimate of drug-likeness (QED) is 0.586. The number of carbonyl (C=O) groups excluding carboxylic acids is 2. The molecule has 0 atom stereocenters. The van der Waals surface area contributed by atoms with Crippen molar-refractivity contribution in [1.82, 2.24) is 5.32 Å². The zero-order chi connectivity index (χ0) is 13.4. The Morgan fingerprint density at radius 2 is 1.72 bits per heavy atom. The van der Waals surface area contributed by atoms with E-state index in [-0.39, 0.29) is 5.91 Å². The zero-order valence-corrected chi connectivity index (χ0v) is 10.3. The molecule has 0 saturated heterocycles. The van der Waals surface area contributed by atoms with Crippen LogP contribution >= 0.6 is 0 Å². The second-order valence-corrected chi connectivity index (χ2v) is 4.16. The topological polar surface area (TPSA) is 98.2 Å². The Balaban J connectivity index is 2.19. The molecule has 0 aliphatic heterocycles. The molecule has 0 saturated carbocycles. The van der Waals surface area contributed by atoms with E-state index in [1.54, 1.807) is 12.1 Å². The van der Waals surface area contributed by atoms with Crippen LogP contribution in [0.5, 0.6) is 0 Å². The van der Waals surface area contributed by atoms with Gasteiger partial charge in [-0.05, 0) is 37.1 Å². The average Bonchev–Trinajstić information content (AvgIpc) is 2.34. The second kappa shape index (κ2) is 7.45. The number of amides is 2. The molecule has 0 spiro atoms. The minimum atomic E-state index is -0.416. The number of hydrogen-bond donors (Lipinski definition) is 3. The SMILES string of the molecule is NC(=O)CCCCNCc1ccc(C(N)=O)cc1. The predicted molar refractivity (Wildman–Crippen MR) is 69.7 cm³/mol. The maximum absolute atomic E-state index is 10.9. The smallest absolute Gasteiger partial charge is 0.248 e. The number of rotatable bonds is 8. The summed E-state index contributed by atoms with van der Waals surface area (Å²) in [6.45, 7) is 1.57. The van der Waals surface area contributed by atoms with Crippen molar-refractivity contribution in [3.63, 3.8) is 0 Å². The van der Waals surface area contributed by atoms with E-state index < -0.39 is 5.91 Å². The van der Waals surface area contributed by atoms with Crippen LogP contribution in [-0.2, 0) is 11.3 Å². The minimum absolute atomic E-state index is 0.253. The van der Waals surface area contributed by atoms with E-state index in [4.69, 9.17) is 11.5 Å². The molecule has 0 aliphatic rings. The van der Waals surface area contributed by atoms with E-state index in [0.717, 1.165) is 31.5 Å². The van der Waals surface area contributed by atoms with Gasteiger partial charge in [0.25, 0.3) is 0 Å². The van der Waals surface area contributed by atoms with Gasteiger partial charge in [-0.1, -0.05) is 12.1 Å². The molecule has 5 heteroatoms. The first-order chi connectivity index (χ1) is 8.59. The lowest BCUT2D eigenvalue weighted by Crippen LogP contribution is -2.16. The number of nitrogens with one attached hydrogen (secondary N) is 1. The van der Waals surface area contributed by atoms with Crippen LogP contribution < -0.4 is 16.8 Å². The number of hydrogen-bond acceptors (Lipinski definition) is 3. The number of unbranched alkanes of at least 4 members (excludes halogenated alkanes) is 1. The van der Waals surface area contributed by atoms with E-state index in [1.807, 2.05) is 12.1 Å². The number of carbonyl (C=O) groups is 2. The lowest BCUT2D eigenvalue weighted by atomic mass is 10.1. The van der Waals surface area contributed by atoms with Crippen LogP contribution in [0.2, 0.25) is 0 Å². The van der Waals surface area contributed by atoms with E-state index in [1.165, 1.54) is 0 Å². The van der Waals surface area contributed by atoms with Gasteiger partial charge in [0, 0.05) is 18.5 Å². The average molecular weight is 249 g/mol. The number of primary amides is 2. The molecule has 0 radical (unpaired) electrons. The second-order valence-electron chi connectivity index (χ2n) is 4.16. The molecule has 1 rings (SSSR count). The molecule has 0 fully saturated rings. The van der Waals surface area contributed by atoms with Crippen LogP contribution in [0.15, 0.2) is 24.3 Å². The number of nitrogens with two attached hydrogens (primary N) is 2. The van der Waals surface area contributed by atoms with Crippen LogP contribution in [0.3, 0.4) is 0 Å². The fraction of sp³-hybridized carbons (Fsp3) is 0.385. The zero-order valence-electron chi connectivity index (χ0n) is 10.3. The Morgan fingerprint density at radius 1 is 1.06 bits per heavy atom. The summed E-state index contributed by atoms with van der Waals surface area (Å²) in [4.78, 5) is 21.4. The van der Waals surface area contributed by atoms with Crippen molar-refractivity contribution >= 4 is 11.8 Å². The first kappa shape index (κ1) is 14.2. The van der Waals surface area contributed by atoms with Crippen LogP contribution in [0.4, 0.5) is 0 Å². The third kappa shape index (κ3) is 5.45. The lowest BCUT2D eigenvalue weighted by molar-refractivity contribution is -0.118. The molecule has 5 N–H and O–H groups in total. The first-order valence-electron chi connectivity index (χ1n) is 5.97. The summed E-state index contributed by atoms with van der Waals surface area (Å²) in [5, 5.41) is 3.26. The van der Waals surface area contributed by atoms with E-state index in [9.17, 15) is 9.59 Å². The number of benzene rings is 1. The molecule has 18 heavy (non-hydrogen) atoms. The van der Waals surface area contributed by atoms with Gasteiger partial charge >= 0.3 is 0 Å². The maximum atomic E-state index is 10.9. The summed E-state index contributed by atoms with van der Waals surface area (Å²) in [5.41, 5.74) is 11.8. The van der Waals surface area contributed by atoms with Gasteiger partial charge in [0.05, 0.1) is 0 Å². The largest absolute Gasteiger partial charge is 0.370 e. The van der Waals surface area contributed by atoms with Crippen LogP contribution in [0.25, 0.3) is 0 Å². The van der Waals surface area contributed by atoms with Gasteiger partial charge in [-0.25, -0.2) is 0 Å². The maximum Gasteiger partial charge on any atom is 0.248 e. The summed E-state index contributed by atoms with van der Waals surface area (Å²) in [6, 6.07) is 7.17. The molecule has 0 unspecified atom stereocenters. The summed E-state index contributed by atoms with van der Waals surface area (Å²) in [6.07, 6.45) is 2.17. The predicted octanol–water partition coefficient (Wildman–Crippen LogP) is 0.531. The van der Waals surface area contributed by atoms with Gasteiger partial charge in [-0.15, -0.1) is 0 Å². The van der Waals surface area contributed by atoms with Crippen molar-refractivity contribution in [2.75, 3.05) is 6.54 Å². The fourth-order valence-electron chi connectivity index (χ4n) is 1.57. The standard InChI is InChI=1S/C13H19N3O2/c14-12(17)3-1-2-8-16-9-10-4-6-11(7-5-10)13(15)18/h4-7,16H,1-3,8-9H2,(H2,14,17)(H2,15,18). The van der Waals surface area contributed by atoms with Crippen molar-refractivity contribution in [1.29, 1.82) is 0 Å². The molecule has 1 aromatic carbocycles. The lowest BCUT2D eigenvalue weighted by Gasteiger charge is -2.05. The van der Waals surface area contributed by atoms with Crippen molar-refractivity contribution in [2.45, 2.75) is 25.8 Å². The third-order valence-electron chi connectivity index (χ3n) is 2.59. The monoisotopic (exact) mass is 249 g/mol. The summed E-state index contributed by atoms with van der Waals surface area (Å²) in [5.74, 6) is -0.669. The van der Waals surface area contributed by atoms with Crippen LogP contribution in [0, 0.1) is 0 Å². The van der Waals surface area contributed by atoms with Crippen LogP contribution in [-0.4, -0.2) is 18.4 Å². The highest BCUT2D eigenvalue weighted by molar-refractivity contribution is 5.92. The molecule has 2 amide bonds.